The fourth-order valence-electron chi connectivity index (χ4n) is 1.82. The van der Waals surface area contributed by atoms with Crippen LogP contribution in [0, 0.1) is 0 Å². The third-order valence-electron chi connectivity index (χ3n) is 2.88. The maximum Gasteiger partial charge on any atom is 0.254 e. The second-order valence-corrected chi connectivity index (χ2v) is 4.14. The number of nitrogens with zero attached hydrogens (tertiary/aromatic N) is 1. The number of amides is 1. The van der Waals surface area contributed by atoms with Crippen molar-refractivity contribution in [3.8, 4) is 11.5 Å². The van der Waals surface area contributed by atoms with Gasteiger partial charge in [-0.1, -0.05) is 0 Å². The zero-order valence-electron chi connectivity index (χ0n) is 12.2. The number of benzene rings is 1. The monoisotopic (exact) mass is 282 g/mol. The zero-order valence-corrected chi connectivity index (χ0v) is 12.2. The normalized spacial score (nSPS) is 10.2. The average molecular weight is 282 g/mol. The van der Waals surface area contributed by atoms with Gasteiger partial charge in [0.15, 0.2) is 11.5 Å². The number of ether oxygens (including phenoxy) is 3. The molecule has 0 spiro atoms. The Morgan fingerprint density at radius 3 is 2.40 bits per heavy atom. The topological polar surface area (TPSA) is 74.0 Å². The van der Waals surface area contributed by atoms with E-state index in [4.69, 9.17) is 19.9 Å². The van der Waals surface area contributed by atoms with Crippen molar-refractivity contribution >= 4 is 5.91 Å². The molecular formula is C14H22N2O4. The molecule has 0 aliphatic carbocycles. The smallest absolute Gasteiger partial charge is 0.254 e. The summed E-state index contributed by atoms with van der Waals surface area (Å²) in [6, 6.07) is 5.08. The van der Waals surface area contributed by atoms with Crippen LogP contribution in [0.5, 0.6) is 11.5 Å². The van der Waals surface area contributed by atoms with Crippen LogP contribution in [0.1, 0.15) is 10.4 Å². The van der Waals surface area contributed by atoms with E-state index < -0.39 is 0 Å². The van der Waals surface area contributed by atoms with Crippen LogP contribution in [-0.2, 0) is 4.74 Å². The van der Waals surface area contributed by atoms with E-state index in [1.807, 2.05) is 0 Å². The number of hydrogen-bond acceptors (Lipinski definition) is 5. The number of rotatable bonds is 8. The first-order valence-corrected chi connectivity index (χ1v) is 6.38. The van der Waals surface area contributed by atoms with Gasteiger partial charge in [-0.3, -0.25) is 4.79 Å². The third-order valence-corrected chi connectivity index (χ3v) is 2.88. The summed E-state index contributed by atoms with van der Waals surface area (Å²) in [4.78, 5) is 14.1. The molecule has 0 unspecified atom stereocenters. The van der Waals surface area contributed by atoms with Crippen molar-refractivity contribution in [2.75, 3.05) is 47.6 Å². The Kier molecular flexibility index (Phi) is 6.83. The first-order chi connectivity index (χ1) is 9.67. The lowest BCUT2D eigenvalue weighted by atomic mass is 10.1. The maximum atomic E-state index is 12.4. The molecule has 0 saturated carbocycles. The predicted molar refractivity (Wildman–Crippen MR) is 76.4 cm³/mol. The van der Waals surface area contributed by atoms with Crippen molar-refractivity contribution < 1.29 is 19.0 Å². The highest BCUT2D eigenvalue weighted by Crippen LogP contribution is 2.27. The molecule has 6 nitrogen and oxygen atoms in total. The van der Waals surface area contributed by atoms with Crippen molar-refractivity contribution in [1.29, 1.82) is 0 Å². The van der Waals surface area contributed by atoms with E-state index in [0.29, 0.717) is 43.3 Å². The summed E-state index contributed by atoms with van der Waals surface area (Å²) in [6.07, 6.45) is 0. The number of carbonyl (C=O) groups is 1. The minimum atomic E-state index is -0.103. The van der Waals surface area contributed by atoms with E-state index in [0.717, 1.165) is 0 Å². The predicted octanol–water partition coefficient (Wildman–Crippen LogP) is 0.751. The van der Waals surface area contributed by atoms with Crippen molar-refractivity contribution in [2.24, 2.45) is 5.73 Å². The van der Waals surface area contributed by atoms with Gasteiger partial charge in [-0.2, -0.15) is 0 Å². The highest BCUT2D eigenvalue weighted by molar-refractivity contribution is 5.95. The third kappa shape index (κ3) is 4.11. The van der Waals surface area contributed by atoms with Crippen molar-refractivity contribution in [1.82, 2.24) is 4.90 Å². The molecule has 2 N–H and O–H groups in total. The maximum absolute atomic E-state index is 12.4. The van der Waals surface area contributed by atoms with Crippen LogP contribution in [0.15, 0.2) is 18.2 Å². The Hall–Kier alpha value is -1.79. The lowest BCUT2D eigenvalue weighted by molar-refractivity contribution is 0.0701. The molecule has 0 bridgehead atoms. The van der Waals surface area contributed by atoms with E-state index in [-0.39, 0.29) is 5.91 Å². The van der Waals surface area contributed by atoms with Gasteiger partial charge in [-0.15, -0.1) is 0 Å². The standard InChI is InChI=1S/C14H22N2O4/c1-18-9-8-16(7-6-15)14(17)11-4-5-12(19-2)13(10-11)20-3/h4-5,10H,6-9,15H2,1-3H3. The summed E-state index contributed by atoms with van der Waals surface area (Å²) in [5.41, 5.74) is 6.07. The van der Waals surface area contributed by atoms with Crippen molar-refractivity contribution in [3.63, 3.8) is 0 Å². The van der Waals surface area contributed by atoms with Gasteiger partial charge in [0.25, 0.3) is 5.91 Å². The Labute approximate surface area is 119 Å². The molecule has 0 aliphatic rings. The van der Waals surface area contributed by atoms with Crippen LogP contribution in [0.4, 0.5) is 0 Å². The molecule has 0 aromatic heterocycles. The first kappa shape index (κ1) is 16.3. The number of carbonyl (C=O) groups excluding carboxylic acids is 1. The minimum absolute atomic E-state index is 0.103. The Balaban J connectivity index is 2.93. The second kappa shape index (κ2) is 8.39. The van der Waals surface area contributed by atoms with Gasteiger partial charge >= 0.3 is 0 Å². The fourth-order valence-corrected chi connectivity index (χ4v) is 1.82. The molecule has 1 aromatic rings. The number of methoxy groups -OCH3 is 3. The van der Waals surface area contributed by atoms with Gasteiger partial charge in [0.2, 0.25) is 0 Å². The lowest BCUT2D eigenvalue weighted by Gasteiger charge is -2.22. The number of hydrogen-bond donors (Lipinski definition) is 1. The molecule has 0 fully saturated rings. The van der Waals surface area contributed by atoms with Crippen molar-refractivity contribution in [2.45, 2.75) is 0 Å². The van der Waals surface area contributed by atoms with E-state index in [1.165, 1.54) is 7.11 Å². The Morgan fingerprint density at radius 2 is 1.85 bits per heavy atom. The summed E-state index contributed by atoms with van der Waals surface area (Å²) in [7, 11) is 4.69. The van der Waals surface area contributed by atoms with Crippen molar-refractivity contribution in [3.05, 3.63) is 23.8 Å². The largest absolute Gasteiger partial charge is 0.493 e. The quantitative estimate of drug-likeness (QED) is 0.761. The van der Waals surface area contributed by atoms with E-state index in [1.54, 1.807) is 37.3 Å². The highest BCUT2D eigenvalue weighted by Gasteiger charge is 2.17. The van der Waals surface area contributed by atoms with E-state index in [2.05, 4.69) is 0 Å². The first-order valence-electron chi connectivity index (χ1n) is 6.38. The summed E-state index contributed by atoms with van der Waals surface area (Å²) < 4.78 is 15.4. The SMILES string of the molecule is COCCN(CCN)C(=O)c1ccc(OC)c(OC)c1. The number of nitrogens with two attached hydrogens (primary N) is 1. The van der Waals surface area contributed by atoms with Gasteiger partial charge < -0.3 is 24.8 Å². The summed E-state index contributed by atoms with van der Waals surface area (Å²) in [5.74, 6) is 1.01. The van der Waals surface area contributed by atoms with Gasteiger partial charge in [-0.05, 0) is 18.2 Å². The molecule has 0 atom stereocenters. The molecule has 1 aromatic carbocycles. The zero-order chi connectivity index (χ0) is 15.0. The Morgan fingerprint density at radius 1 is 1.15 bits per heavy atom. The highest BCUT2D eigenvalue weighted by atomic mass is 16.5. The van der Waals surface area contributed by atoms with Gasteiger partial charge in [0.1, 0.15) is 0 Å². The second-order valence-electron chi connectivity index (χ2n) is 4.14. The van der Waals surface area contributed by atoms with Crippen LogP contribution < -0.4 is 15.2 Å². The van der Waals surface area contributed by atoms with Gasteiger partial charge in [0, 0.05) is 32.3 Å². The lowest BCUT2D eigenvalue weighted by Crippen LogP contribution is -2.37. The van der Waals surface area contributed by atoms with E-state index in [9.17, 15) is 4.79 Å². The molecule has 1 rings (SSSR count). The summed E-state index contributed by atoms with van der Waals surface area (Å²) >= 11 is 0. The molecule has 0 saturated heterocycles. The molecule has 0 radical (unpaired) electrons. The molecule has 6 heteroatoms. The fraction of sp³-hybridized carbons (Fsp3) is 0.500. The molecule has 0 aliphatic heterocycles. The molecular weight excluding hydrogens is 260 g/mol. The van der Waals surface area contributed by atoms with Crippen LogP contribution in [-0.4, -0.2) is 58.4 Å². The molecule has 20 heavy (non-hydrogen) atoms. The van der Waals surface area contributed by atoms with Crippen LogP contribution in [0.2, 0.25) is 0 Å². The average Bonchev–Trinajstić information content (AvgIpc) is 2.49. The summed E-state index contributed by atoms with van der Waals surface area (Å²) in [5, 5.41) is 0. The molecule has 112 valence electrons. The Bertz CT molecular complexity index is 437. The molecule has 1 amide bonds. The van der Waals surface area contributed by atoms with E-state index >= 15 is 0 Å². The molecule has 0 heterocycles. The van der Waals surface area contributed by atoms with Gasteiger partial charge in [-0.25, -0.2) is 0 Å². The van der Waals surface area contributed by atoms with Crippen LogP contribution >= 0.6 is 0 Å². The summed E-state index contributed by atoms with van der Waals surface area (Å²) in [6.45, 7) is 1.86. The van der Waals surface area contributed by atoms with Crippen LogP contribution in [0.25, 0.3) is 0 Å². The van der Waals surface area contributed by atoms with Gasteiger partial charge in [0.05, 0.1) is 20.8 Å². The van der Waals surface area contributed by atoms with Crippen LogP contribution in [0.3, 0.4) is 0 Å². The minimum Gasteiger partial charge on any atom is -0.493 e.